The zero-order valence-corrected chi connectivity index (χ0v) is 11.6. The molecule has 1 aliphatic carbocycles. The van der Waals surface area contributed by atoms with Crippen LogP contribution in [0, 0.1) is 0 Å². The molecule has 0 saturated carbocycles. The first kappa shape index (κ1) is 12.2. The smallest absolute Gasteiger partial charge is 0.0934 e. The summed E-state index contributed by atoms with van der Waals surface area (Å²) in [5.41, 5.74) is 2.75. The lowest BCUT2D eigenvalue weighted by atomic mass is 10.1. The molecule has 94 valence electrons. The first-order chi connectivity index (χ1) is 8.83. The molecule has 0 amide bonds. The fourth-order valence-electron chi connectivity index (χ4n) is 2.48. The fourth-order valence-corrected chi connectivity index (χ4v) is 3.84. The van der Waals surface area contributed by atoms with Gasteiger partial charge in [-0.2, -0.15) is 0 Å². The van der Waals surface area contributed by atoms with Crippen LogP contribution in [0.1, 0.15) is 28.5 Å². The molecular formula is C14H15ClN2S. The number of rotatable bonds is 4. The Morgan fingerprint density at radius 1 is 1.39 bits per heavy atom. The van der Waals surface area contributed by atoms with Gasteiger partial charge < -0.3 is 5.32 Å². The van der Waals surface area contributed by atoms with E-state index in [4.69, 9.17) is 11.6 Å². The van der Waals surface area contributed by atoms with E-state index in [-0.39, 0.29) is 0 Å². The highest BCUT2D eigenvalue weighted by Gasteiger charge is 2.24. The van der Waals surface area contributed by atoms with Crippen LogP contribution in [0.4, 0.5) is 0 Å². The molecule has 0 saturated heterocycles. The van der Waals surface area contributed by atoms with Crippen molar-refractivity contribution in [2.45, 2.75) is 25.3 Å². The van der Waals surface area contributed by atoms with Crippen molar-refractivity contribution in [2.24, 2.45) is 0 Å². The molecule has 1 aliphatic rings. The zero-order chi connectivity index (χ0) is 12.4. The van der Waals surface area contributed by atoms with Gasteiger partial charge in [0.1, 0.15) is 0 Å². The van der Waals surface area contributed by atoms with Crippen LogP contribution in [0.5, 0.6) is 0 Å². The lowest BCUT2D eigenvalue weighted by Crippen LogP contribution is -2.21. The molecule has 4 heteroatoms. The van der Waals surface area contributed by atoms with Crippen LogP contribution in [0.3, 0.4) is 0 Å². The largest absolute Gasteiger partial charge is 0.310 e. The number of hydrogen-bond donors (Lipinski definition) is 1. The Morgan fingerprint density at radius 2 is 2.22 bits per heavy atom. The van der Waals surface area contributed by atoms with Crippen LogP contribution in [0.25, 0.3) is 0 Å². The number of fused-ring (bicyclic) bond motifs is 1. The highest BCUT2D eigenvalue weighted by atomic mass is 35.5. The molecule has 2 nitrogen and oxygen atoms in total. The van der Waals surface area contributed by atoms with Crippen LogP contribution in [0.15, 0.2) is 30.6 Å². The molecule has 0 aliphatic heterocycles. The quantitative estimate of drug-likeness (QED) is 0.924. The normalized spacial score (nSPS) is 17.9. The number of aryl methyl sites for hydroxylation is 1. The van der Waals surface area contributed by atoms with Gasteiger partial charge in [0.15, 0.2) is 0 Å². The average molecular weight is 279 g/mol. The molecule has 0 radical (unpaired) electrons. The first-order valence-electron chi connectivity index (χ1n) is 6.23. The summed E-state index contributed by atoms with van der Waals surface area (Å²) in [7, 11) is 0. The van der Waals surface area contributed by atoms with Crippen molar-refractivity contribution >= 4 is 22.9 Å². The van der Waals surface area contributed by atoms with Crippen LogP contribution in [-0.4, -0.2) is 11.5 Å². The van der Waals surface area contributed by atoms with Crippen molar-refractivity contribution in [3.05, 3.63) is 50.9 Å². The van der Waals surface area contributed by atoms with Crippen LogP contribution in [-0.2, 0) is 12.8 Å². The fraction of sp³-hybridized carbons (Fsp3) is 0.357. The molecule has 1 unspecified atom stereocenters. The monoisotopic (exact) mass is 278 g/mol. The molecule has 2 aromatic rings. The van der Waals surface area contributed by atoms with Crippen molar-refractivity contribution < 1.29 is 0 Å². The lowest BCUT2D eigenvalue weighted by molar-refractivity contribution is 0.533. The topological polar surface area (TPSA) is 24.9 Å². The predicted molar refractivity (Wildman–Crippen MR) is 76.3 cm³/mol. The summed E-state index contributed by atoms with van der Waals surface area (Å²) in [6, 6.07) is 6.76. The maximum Gasteiger partial charge on any atom is 0.0934 e. The Hall–Kier alpha value is -0.900. The predicted octanol–water partition coefficient (Wildman–Crippen LogP) is 3.62. The summed E-state index contributed by atoms with van der Waals surface area (Å²) in [6.07, 6.45) is 7.11. The van der Waals surface area contributed by atoms with Crippen molar-refractivity contribution in [1.82, 2.24) is 10.3 Å². The van der Waals surface area contributed by atoms with Gasteiger partial charge in [0.25, 0.3) is 0 Å². The summed E-state index contributed by atoms with van der Waals surface area (Å²) in [4.78, 5) is 5.49. The SMILES string of the molecule is Clc1cc2c(s1)CCC2NCCc1ccncc1. The molecule has 18 heavy (non-hydrogen) atoms. The average Bonchev–Trinajstić information content (AvgIpc) is 2.91. The van der Waals surface area contributed by atoms with Gasteiger partial charge in [0.05, 0.1) is 4.34 Å². The van der Waals surface area contributed by atoms with E-state index in [1.807, 2.05) is 12.4 Å². The summed E-state index contributed by atoms with van der Waals surface area (Å²) in [5, 5.41) is 3.63. The molecule has 3 rings (SSSR count). The Balaban J connectivity index is 1.56. The van der Waals surface area contributed by atoms with Crippen molar-refractivity contribution in [3.8, 4) is 0 Å². The van der Waals surface area contributed by atoms with Gasteiger partial charge >= 0.3 is 0 Å². The summed E-state index contributed by atoms with van der Waals surface area (Å²) in [5.74, 6) is 0. The highest BCUT2D eigenvalue weighted by molar-refractivity contribution is 7.16. The van der Waals surface area contributed by atoms with Crippen molar-refractivity contribution in [2.75, 3.05) is 6.54 Å². The molecule has 0 fully saturated rings. The molecule has 0 bridgehead atoms. The van der Waals surface area contributed by atoms with Crippen LogP contribution < -0.4 is 5.32 Å². The van der Waals surface area contributed by atoms with E-state index in [9.17, 15) is 0 Å². The Labute approximate surface area is 116 Å². The van der Waals surface area contributed by atoms with Crippen LogP contribution >= 0.6 is 22.9 Å². The summed E-state index contributed by atoms with van der Waals surface area (Å²) in [6.45, 7) is 1.00. The Morgan fingerprint density at radius 3 is 3.06 bits per heavy atom. The van der Waals surface area contributed by atoms with E-state index in [1.54, 1.807) is 11.3 Å². The van der Waals surface area contributed by atoms with Crippen LogP contribution in [0.2, 0.25) is 4.34 Å². The second-order valence-corrected chi connectivity index (χ2v) is 6.35. The molecular weight excluding hydrogens is 264 g/mol. The van der Waals surface area contributed by atoms with Gasteiger partial charge in [-0.25, -0.2) is 0 Å². The summed E-state index contributed by atoms with van der Waals surface area (Å²) >= 11 is 7.78. The standard InChI is InChI=1S/C14H15ClN2S/c15-14-9-11-12(1-2-13(11)18-14)17-8-5-10-3-6-16-7-4-10/h3-4,6-7,9,12,17H,1-2,5,8H2. The van der Waals surface area contributed by atoms with Crippen molar-refractivity contribution in [3.63, 3.8) is 0 Å². The number of halogens is 1. The van der Waals surface area contributed by atoms with Gasteiger partial charge in [0.2, 0.25) is 0 Å². The van der Waals surface area contributed by atoms with Gasteiger partial charge in [-0.15, -0.1) is 11.3 Å². The van der Waals surface area contributed by atoms with E-state index >= 15 is 0 Å². The molecule has 1 atom stereocenters. The minimum atomic E-state index is 0.491. The third-order valence-electron chi connectivity index (χ3n) is 3.40. The van der Waals surface area contributed by atoms with Gasteiger partial charge in [0, 0.05) is 23.3 Å². The molecule has 1 N–H and O–H groups in total. The first-order valence-corrected chi connectivity index (χ1v) is 7.43. The number of nitrogens with zero attached hydrogens (tertiary/aromatic N) is 1. The maximum atomic E-state index is 6.06. The summed E-state index contributed by atoms with van der Waals surface area (Å²) < 4.78 is 0.917. The third-order valence-corrected chi connectivity index (χ3v) is 4.74. The van der Waals surface area contributed by atoms with Gasteiger partial charge in [-0.3, -0.25) is 4.98 Å². The molecule has 0 aromatic carbocycles. The van der Waals surface area contributed by atoms with Gasteiger partial charge in [-0.05, 0) is 55.1 Å². The molecule has 2 heterocycles. The minimum absolute atomic E-state index is 0.491. The minimum Gasteiger partial charge on any atom is -0.310 e. The third kappa shape index (κ3) is 2.58. The number of nitrogens with one attached hydrogen (secondary N) is 1. The Kier molecular flexibility index (Phi) is 3.64. The second-order valence-electron chi connectivity index (χ2n) is 4.58. The molecule has 2 aromatic heterocycles. The second kappa shape index (κ2) is 5.39. The maximum absolute atomic E-state index is 6.06. The number of hydrogen-bond acceptors (Lipinski definition) is 3. The van der Waals surface area contributed by atoms with E-state index < -0.39 is 0 Å². The number of pyridine rings is 1. The van der Waals surface area contributed by atoms with E-state index in [0.29, 0.717) is 6.04 Å². The van der Waals surface area contributed by atoms with Gasteiger partial charge in [-0.1, -0.05) is 11.6 Å². The van der Waals surface area contributed by atoms with E-state index in [2.05, 4.69) is 28.5 Å². The highest BCUT2D eigenvalue weighted by Crippen LogP contribution is 2.39. The van der Waals surface area contributed by atoms with E-state index in [0.717, 1.165) is 17.3 Å². The van der Waals surface area contributed by atoms with E-state index in [1.165, 1.54) is 28.8 Å². The zero-order valence-electron chi connectivity index (χ0n) is 10.0. The number of thiophene rings is 1. The Bertz CT molecular complexity index is 524. The number of aromatic nitrogens is 1. The van der Waals surface area contributed by atoms with Crippen molar-refractivity contribution in [1.29, 1.82) is 0 Å². The lowest BCUT2D eigenvalue weighted by Gasteiger charge is -2.12. The molecule has 0 spiro atoms.